The van der Waals surface area contributed by atoms with E-state index in [9.17, 15) is 0 Å². The Morgan fingerprint density at radius 2 is 1.95 bits per heavy atom. The summed E-state index contributed by atoms with van der Waals surface area (Å²) >= 11 is 0. The minimum absolute atomic E-state index is 0.820. The summed E-state index contributed by atoms with van der Waals surface area (Å²) in [5.41, 5.74) is 11.8. The molecule has 0 fully saturated rings. The summed E-state index contributed by atoms with van der Waals surface area (Å²) in [5, 5.41) is 4.46. The minimum Gasteiger partial charge on any atom is -0.399 e. The predicted octanol–water partition coefficient (Wildman–Crippen LogP) is 3.06. The zero-order chi connectivity index (χ0) is 13.9. The number of hydrogen-bond donors (Lipinski definition) is 3. The van der Waals surface area contributed by atoms with E-state index in [0.29, 0.717) is 0 Å². The van der Waals surface area contributed by atoms with Crippen LogP contribution in [0, 0.1) is 0 Å². The van der Waals surface area contributed by atoms with Crippen molar-refractivity contribution in [1.82, 2.24) is 10.3 Å². The first-order valence-corrected chi connectivity index (χ1v) is 6.84. The van der Waals surface area contributed by atoms with Gasteiger partial charge in [-0.1, -0.05) is 12.1 Å². The maximum atomic E-state index is 5.88. The van der Waals surface area contributed by atoms with Crippen molar-refractivity contribution in [2.75, 3.05) is 12.8 Å². The average Bonchev–Trinajstić information content (AvgIpc) is 2.89. The lowest BCUT2D eigenvalue weighted by Crippen LogP contribution is -2.08. The Morgan fingerprint density at radius 3 is 2.80 bits per heavy atom. The Kier molecular flexibility index (Phi) is 3.44. The Morgan fingerprint density at radius 1 is 1.05 bits per heavy atom. The van der Waals surface area contributed by atoms with Crippen LogP contribution in [0.15, 0.2) is 48.7 Å². The molecule has 0 aliphatic heterocycles. The first kappa shape index (κ1) is 12.8. The van der Waals surface area contributed by atoms with Gasteiger partial charge in [0.25, 0.3) is 0 Å². The zero-order valence-corrected chi connectivity index (χ0v) is 11.6. The molecule has 0 unspecified atom stereocenters. The Hall–Kier alpha value is -2.26. The Balaban J connectivity index is 1.93. The van der Waals surface area contributed by atoms with E-state index in [1.54, 1.807) is 0 Å². The van der Waals surface area contributed by atoms with E-state index >= 15 is 0 Å². The molecule has 0 atom stereocenters. The third-order valence-electron chi connectivity index (χ3n) is 3.61. The van der Waals surface area contributed by atoms with Crippen LogP contribution in [-0.2, 0) is 13.0 Å². The lowest BCUT2D eigenvalue weighted by atomic mass is 9.98. The Labute approximate surface area is 118 Å². The van der Waals surface area contributed by atoms with Gasteiger partial charge in [0.05, 0.1) is 0 Å². The van der Waals surface area contributed by atoms with Gasteiger partial charge >= 0.3 is 0 Å². The molecule has 20 heavy (non-hydrogen) atoms. The molecule has 3 nitrogen and oxygen atoms in total. The molecule has 0 saturated carbocycles. The second-order valence-electron chi connectivity index (χ2n) is 5.13. The third-order valence-corrected chi connectivity index (χ3v) is 3.61. The predicted molar refractivity (Wildman–Crippen MR) is 84.7 cm³/mol. The van der Waals surface area contributed by atoms with Crippen LogP contribution in [0.3, 0.4) is 0 Å². The Bertz CT molecular complexity index is 728. The highest BCUT2D eigenvalue weighted by atomic mass is 14.8. The van der Waals surface area contributed by atoms with Crippen LogP contribution >= 0.6 is 0 Å². The average molecular weight is 265 g/mol. The summed E-state index contributed by atoms with van der Waals surface area (Å²) in [6.45, 7) is 0.840. The minimum atomic E-state index is 0.820. The van der Waals surface area contributed by atoms with Crippen molar-refractivity contribution in [2.24, 2.45) is 0 Å². The number of aromatic nitrogens is 1. The molecule has 3 aromatic rings. The number of fused-ring (bicyclic) bond motifs is 1. The van der Waals surface area contributed by atoms with Gasteiger partial charge in [-0.05, 0) is 65.9 Å². The van der Waals surface area contributed by atoms with Crippen LogP contribution in [0.2, 0.25) is 0 Å². The zero-order valence-electron chi connectivity index (χ0n) is 11.6. The maximum Gasteiger partial charge on any atom is 0.0454 e. The second-order valence-corrected chi connectivity index (χ2v) is 5.13. The molecular weight excluding hydrogens is 246 g/mol. The van der Waals surface area contributed by atoms with Gasteiger partial charge in [-0.3, -0.25) is 0 Å². The highest BCUT2D eigenvalue weighted by Gasteiger charge is 2.05. The molecule has 0 radical (unpaired) electrons. The molecule has 3 rings (SSSR count). The molecule has 0 aliphatic carbocycles. The number of anilines is 1. The van der Waals surface area contributed by atoms with Crippen molar-refractivity contribution in [3.05, 3.63) is 65.4 Å². The highest BCUT2D eigenvalue weighted by molar-refractivity contribution is 5.80. The summed E-state index contributed by atoms with van der Waals surface area (Å²) in [6.07, 6.45) is 2.91. The lowest BCUT2D eigenvalue weighted by Gasteiger charge is -2.10. The summed E-state index contributed by atoms with van der Waals surface area (Å²) in [7, 11) is 1.96. The monoisotopic (exact) mass is 265 g/mol. The number of nitrogens with two attached hydrogens (primary N) is 1. The van der Waals surface area contributed by atoms with Crippen LogP contribution in [0.1, 0.15) is 16.7 Å². The van der Waals surface area contributed by atoms with Crippen molar-refractivity contribution >= 4 is 16.6 Å². The van der Waals surface area contributed by atoms with E-state index in [1.807, 2.05) is 19.3 Å². The maximum absolute atomic E-state index is 5.88. The molecule has 4 N–H and O–H groups in total. The van der Waals surface area contributed by atoms with E-state index < -0.39 is 0 Å². The van der Waals surface area contributed by atoms with E-state index in [-0.39, 0.29) is 0 Å². The molecule has 102 valence electrons. The van der Waals surface area contributed by atoms with E-state index in [4.69, 9.17) is 5.73 Å². The van der Waals surface area contributed by atoms with E-state index in [0.717, 1.165) is 18.7 Å². The fourth-order valence-corrected chi connectivity index (χ4v) is 2.61. The van der Waals surface area contributed by atoms with Crippen LogP contribution < -0.4 is 11.1 Å². The van der Waals surface area contributed by atoms with Crippen molar-refractivity contribution in [2.45, 2.75) is 13.0 Å². The molecule has 0 saturated heterocycles. The fraction of sp³-hybridized carbons (Fsp3) is 0.176. The molecule has 1 heterocycles. The standard InChI is InChI=1S/C17H19N3/c1-19-11-15-10-16(18)4-3-13(15)8-12-2-5-17-14(9-12)6-7-20-17/h2-7,9-10,19-20H,8,11,18H2,1H3. The number of nitrogen functional groups attached to an aromatic ring is 1. The number of nitrogens with one attached hydrogen (secondary N) is 2. The molecule has 3 heteroatoms. The first-order chi connectivity index (χ1) is 9.76. The van der Waals surface area contributed by atoms with Crippen molar-refractivity contribution in [3.63, 3.8) is 0 Å². The molecule has 0 spiro atoms. The topological polar surface area (TPSA) is 53.8 Å². The number of H-pyrrole nitrogens is 1. The smallest absolute Gasteiger partial charge is 0.0454 e. The third kappa shape index (κ3) is 2.53. The van der Waals surface area contributed by atoms with Gasteiger partial charge in [0.2, 0.25) is 0 Å². The van der Waals surface area contributed by atoms with Gasteiger partial charge in [0.1, 0.15) is 0 Å². The molecular formula is C17H19N3. The summed E-state index contributed by atoms with van der Waals surface area (Å²) in [4.78, 5) is 3.22. The number of hydrogen-bond acceptors (Lipinski definition) is 2. The van der Waals surface area contributed by atoms with E-state index in [1.165, 1.54) is 27.6 Å². The van der Waals surface area contributed by atoms with Gasteiger partial charge in [-0.25, -0.2) is 0 Å². The van der Waals surface area contributed by atoms with Crippen LogP contribution in [0.4, 0.5) is 5.69 Å². The van der Waals surface area contributed by atoms with Gasteiger partial charge in [-0.2, -0.15) is 0 Å². The van der Waals surface area contributed by atoms with Gasteiger partial charge in [0.15, 0.2) is 0 Å². The second kappa shape index (κ2) is 5.39. The largest absolute Gasteiger partial charge is 0.399 e. The molecule has 1 aromatic heterocycles. The number of aromatic amines is 1. The number of benzene rings is 2. The van der Waals surface area contributed by atoms with Crippen LogP contribution in [0.5, 0.6) is 0 Å². The van der Waals surface area contributed by atoms with Crippen molar-refractivity contribution < 1.29 is 0 Å². The number of rotatable bonds is 4. The summed E-state index contributed by atoms with van der Waals surface area (Å²) < 4.78 is 0. The summed E-state index contributed by atoms with van der Waals surface area (Å²) in [5.74, 6) is 0. The van der Waals surface area contributed by atoms with Crippen molar-refractivity contribution in [3.8, 4) is 0 Å². The molecule has 0 aliphatic rings. The molecule has 0 amide bonds. The summed E-state index contributed by atoms with van der Waals surface area (Å²) in [6, 6.07) is 14.8. The van der Waals surface area contributed by atoms with E-state index in [2.05, 4.69) is 46.7 Å². The van der Waals surface area contributed by atoms with Gasteiger partial charge in [-0.15, -0.1) is 0 Å². The SMILES string of the molecule is CNCc1cc(N)ccc1Cc1ccc2[nH]ccc2c1. The van der Waals surface area contributed by atoms with Crippen LogP contribution in [0.25, 0.3) is 10.9 Å². The molecule has 2 aromatic carbocycles. The first-order valence-electron chi connectivity index (χ1n) is 6.84. The highest BCUT2D eigenvalue weighted by Crippen LogP contribution is 2.20. The van der Waals surface area contributed by atoms with Crippen molar-refractivity contribution in [1.29, 1.82) is 0 Å². The van der Waals surface area contributed by atoms with Crippen LogP contribution in [-0.4, -0.2) is 12.0 Å². The fourth-order valence-electron chi connectivity index (χ4n) is 2.61. The lowest BCUT2D eigenvalue weighted by molar-refractivity contribution is 0.808. The van der Waals surface area contributed by atoms with Gasteiger partial charge in [0, 0.05) is 23.9 Å². The quantitative estimate of drug-likeness (QED) is 0.635. The van der Waals surface area contributed by atoms with Gasteiger partial charge < -0.3 is 16.0 Å². The molecule has 0 bridgehead atoms. The normalized spacial score (nSPS) is 11.1.